The van der Waals surface area contributed by atoms with Gasteiger partial charge in [-0.25, -0.2) is 0 Å². The third kappa shape index (κ3) is 4.26. The Morgan fingerprint density at radius 1 is 0.935 bits per heavy atom. The van der Waals surface area contributed by atoms with Crippen LogP contribution in [0.1, 0.15) is 42.1 Å². The van der Waals surface area contributed by atoms with Crippen molar-refractivity contribution >= 4 is 23.2 Å². The van der Waals surface area contributed by atoms with Crippen molar-refractivity contribution < 1.29 is 14.3 Å². The lowest BCUT2D eigenvalue weighted by atomic mass is 9.86. The maximum atomic E-state index is 13.4. The van der Waals surface area contributed by atoms with Crippen molar-refractivity contribution in [3.63, 3.8) is 0 Å². The van der Waals surface area contributed by atoms with E-state index >= 15 is 0 Å². The van der Waals surface area contributed by atoms with E-state index in [1.165, 1.54) is 0 Å². The van der Waals surface area contributed by atoms with Crippen LogP contribution in [0.3, 0.4) is 0 Å². The average molecular weight is 436 g/mol. The first-order valence-corrected chi connectivity index (χ1v) is 11.0. The minimum absolute atomic E-state index is 0.0444. The number of carbonyl (C=O) groups is 1. The summed E-state index contributed by atoms with van der Waals surface area (Å²) in [6.45, 7) is 7.00. The summed E-state index contributed by atoms with van der Waals surface area (Å²) in [7, 11) is 0. The highest BCUT2D eigenvalue weighted by atomic mass is 35.5. The number of anilines is 1. The molecule has 0 N–H and O–H groups in total. The lowest BCUT2D eigenvalue weighted by Gasteiger charge is -2.38. The Morgan fingerprint density at radius 2 is 1.55 bits per heavy atom. The summed E-state index contributed by atoms with van der Waals surface area (Å²) in [6.07, 6.45) is 0.305. The molecule has 3 aromatic carbocycles. The Kier molecular flexibility index (Phi) is 6.19. The largest absolute Gasteiger partial charge is 0.490 e. The van der Waals surface area contributed by atoms with Crippen LogP contribution in [0.25, 0.3) is 0 Å². The summed E-state index contributed by atoms with van der Waals surface area (Å²) >= 11 is 6.16. The number of carbonyl (C=O) groups excluding carboxylic acids is 1. The molecule has 1 amide bonds. The molecule has 0 saturated carbocycles. The minimum atomic E-state index is -0.286. The molecule has 0 aromatic heterocycles. The number of ether oxygens (including phenoxy) is 2. The topological polar surface area (TPSA) is 38.8 Å². The molecule has 4 rings (SSSR count). The van der Waals surface area contributed by atoms with Gasteiger partial charge in [-0.2, -0.15) is 0 Å². The molecule has 0 aliphatic carbocycles. The first kappa shape index (κ1) is 21.3. The van der Waals surface area contributed by atoms with Gasteiger partial charge in [-0.3, -0.25) is 4.79 Å². The average Bonchev–Trinajstić information content (AvgIpc) is 2.75. The van der Waals surface area contributed by atoms with E-state index in [-0.39, 0.29) is 11.9 Å². The molecule has 3 aromatic rings. The SMILES string of the molecule is CCOc1cc2c(cc1OCC)C(c1ccc(Cl)cc1)N(c1ccc(C)cc1)C(=O)C2. The van der Waals surface area contributed by atoms with Gasteiger partial charge in [0.2, 0.25) is 5.91 Å². The number of amides is 1. The third-order valence-corrected chi connectivity index (χ3v) is 5.72. The van der Waals surface area contributed by atoms with Gasteiger partial charge in [0.15, 0.2) is 11.5 Å². The number of hydrogen-bond donors (Lipinski definition) is 0. The van der Waals surface area contributed by atoms with Crippen LogP contribution < -0.4 is 14.4 Å². The summed E-state index contributed by atoms with van der Waals surface area (Å²) < 4.78 is 11.7. The van der Waals surface area contributed by atoms with E-state index in [9.17, 15) is 4.79 Å². The number of benzene rings is 3. The quantitative estimate of drug-likeness (QED) is 0.467. The molecule has 1 atom stereocenters. The molecule has 0 bridgehead atoms. The smallest absolute Gasteiger partial charge is 0.232 e. The zero-order valence-electron chi connectivity index (χ0n) is 18.0. The van der Waals surface area contributed by atoms with Crippen LogP contribution in [-0.2, 0) is 11.2 Å². The predicted octanol–water partition coefficient (Wildman–Crippen LogP) is 6.12. The Morgan fingerprint density at radius 3 is 2.16 bits per heavy atom. The van der Waals surface area contributed by atoms with Crippen molar-refractivity contribution in [1.82, 2.24) is 0 Å². The van der Waals surface area contributed by atoms with Gasteiger partial charge in [0, 0.05) is 10.7 Å². The van der Waals surface area contributed by atoms with Gasteiger partial charge in [-0.1, -0.05) is 41.4 Å². The maximum absolute atomic E-state index is 13.4. The van der Waals surface area contributed by atoms with Crippen molar-refractivity contribution in [1.29, 1.82) is 0 Å². The van der Waals surface area contributed by atoms with Crippen molar-refractivity contribution in [2.24, 2.45) is 0 Å². The highest BCUT2D eigenvalue weighted by Gasteiger charge is 2.36. The number of hydrogen-bond acceptors (Lipinski definition) is 3. The lowest BCUT2D eigenvalue weighted by molar-refractivity contribution is -0.118. The molecule has 5 heteroatoms. The Hall–Kier alpha value is -2.98. The molecule has 0 saturated heterocycles. The predicted molar refractivity (Wildman–Crippen MR) is 124 cm³/mol. The molecule has 4 nitrogen and oxygen atoms in total. The van der Waals surface area contributed by atoms with E-state index in [0.717, 1.165) is 27.9 Å². The summed E-state index contributed by atoms with van der Waals surface area (Å²) in [4.78, 5) is 15.3. The molecule has 1 aliphatic rings. The van der Waals surface area contributed by atoms with Crippen molar-refractivity contribution in [3.05, 3.63) is 87.9 Å². The van der Waals surface area contributed by atoms with Gasteiger partial charge in [-0.15, -0.1) is 0 Å². The number of halogens is 1. The van der Waals surface area contributed by atoms with Crippen LogP contribution in [0.4, 0.5) is 5.69 Å². The fraction of sp³-hybridized carbons (Fsp3) is 0.269. The second-order valence-corrected chi connectivity index (χ2v) is 8.03. The number of nitrogens with zero attached hydrogens (tertiary/aromatic N) is 1. The van der Waals surface area contributed by atoms with E-state index in [1.54, 1.807) is 0 Å². The highest BCUT2D eigenvalue weighted by Crippen LogP contribution is 2.43. The molecule has 1 unspecified atom stereocenters. The van der Waals surface area contributed by atoms with E-state index < -0.39 is 0 Å². The number of rotatable bonds is 6. The zero-order valence-corrected chi connectivity index (χ0v) is 18.8. The Balaban J connectivity index is 1.91. The lowest BCUT2D eigenvalue weighted by Crippen LogP contribution is -2.41. The molecular formula is C26H26ClNO3. The summed E-state index contributed by atoms with van der Waals surface area (Å²) in [5.74, 6) is 1.41. The molecule has 1 heterocycles. The fourth-order valence-electron chi connectivity index (χ4n) is 4.07. The first-order chi connectivity index (χ1) is 15.0. The van der Waals surface area contributed by atoms with E-state index in [2.05, 4.69) is 0 Å². The normalized spacial score (nSPS) is 15.5. The van der Waals surface area contributed by atoms with Crippen molar-refractivity contribution in [2.45, 2.75) is 33.2 Å². The molecule has 160 valence electrons. The van der Waals surface area contributed by atoms with Crippen molar-refractivity contribution in [2.75, 3.05) is 18.1 Å². The molecule has 31 heavy (non-hydrogen) atoms. The van der Waals surface area contributed by atoms with E-state index in [1.807, 2.05) is 86.3 Å². The Labute approximate surface area is 188 Å². The second kappa shape index (κ2) is 9.03. The van der Waals surface area contributed by atoms with Crippen LogP contribution in [0.5, 0.6) is 11.5 Å². The van der Waals surface area contributed by atoms with Gasteiger partial charge in [0.05, 0.1) is 25.7 Å². The summed E-state index contributed by atoms with van der Waals surface area (Å²) in [5, 5.41) is 0.662. The van der Waals surface area contributed by atoms with Gasteiger partial charge in [0.1, 0.15) is 0 Å². The van der Waals surface area contributed by atoms with Crippen molar-refractivity contribution in [3.8, 4) is 11.5 Å². The van der Waals surface area contributed by atoms with Crippen LogP contribution in [0.15, 0.2) is 60.7 Å². The van der Waals surface area contributed by atoms with Gasteiger partial charge in [-0.05, 0) is 73.9 Å². The summed E-state index contributed by atoms with van der Waals surface area (Å²) in [5.41, 5.74) is 5.00. The molecule has 1 aliphatic heterocycles. The fourth-order valence-corrected chi connectivity index (χ4v) is 4.19. The first-order valence-electron chi connectivity index (χ1n) is 10.6. The second-order valence-electron chi connectivity index (χ2n) is 7.59. The highest BCUT2D eigenvalue weighted by molar-refractivity contribution is 6.30. The van der Waals surface area contributed by atoms with E-state index in [0.29, 0.717) is 36.2 Å². The molecule has 0 radical (unpaired) electrons. The minimum Gasteiger partial charge on any atom is -0.490 e. The standard InChI is InChI=1S/C26H26ClNO3/c1-4-30-23-14-19-15-25(29)28(21-12-6-17(3)7-13-21)26(18-8-10-20(27)11-9-18)22(19)16-24(23)31-5-2/h6-14,16,26H,4-5,15H2,1-3H3. The van der Waals surface area contributed by atoms with E-state index in [4.69, 9.17) is 21.1 Å². The monoisotopic (exact) mass is 435 g/mol. The van der Waals surface area contributed by atoms with Gasteiger partial charge < -0.3 is 14.4 Å². The van der Waals surface area contributed by atoms with Crippen LogP contribution in [0, 0.1) is 6.92 Å². The molecule has 0 spiro atoms. The van der Waals surface area contributed by atoms with Gasteiger partial charge in [0.25, 0.3) is 0 Å². The van der Waals surface area contributed by atoms with Crippen LogP contribution in [-0.4, -0.2) is 19.1 Å². The molecule has 0 fully saturated rings. The van der Waals surface area contributed by atoms with Gasteiger partial charge >= 0.3 is 0 Å². The number of fused-ring (bicyclic) bond motifs is 1. The third-order valence-electron chi connectivity index (χ3n) is 5.47. The maximum Gasteiger partial charge on any atom is 0.232 e. The summed E-state index contributed by atoms with van der Waals surface area (Å²) in [6, 6.07) is 19.4. The Bertz CT molecular complexity index is 1080. The van der Waals surface area contributed by atoms with Crippen LogP contribution >= 0.6 is 11.6 Å². The zero-order chi connectivity index (χ0) is 22.0. The molecular weight excluding hydrogens is 410 g/mol. The van der Waals surface area contributed by atoms with Crippen LogP contribution in [0.2, 0.25) is 5.02 Å². The number of aryl methyl sites for hydroxylation is 1.